The lowest BCUT2D eigenvalue weighted by atomic mass is 10.1. The van der Waals surface area contributed by atoms with Crippen molar-refractivity contribution in [2.45, 2.75) is 32.8 Å². The van der Waals surface area contributed by atoms with Gasteiger partial charge in [-0.1, -0.05) is 12.1 Å². The number of hydrogen-bond acceptors (Lipinski definition) is 3. The van der Waals surface area contributed by atoms with Gasteiger partial charge < -0.3 is 15.2 Å². The number of carboxylic acid groups (broad SMARTS) is 1. The molecule has 1 amide bonds. The summed E-state index contributed by atoms with van der Waals surface area (Å²) in [5.41, 5.74) is -0.328. The Balaban J connectivity index is 2.04. The van der Waals surface area contributed by atoms with E-state index in [0.29, 0.717) is 24.2 Å². The summed E-state index contributed by atoms with van der Waals surface area (Å²) in [6, 6.07) is 6.96. The van der Waals surface area contributed by atoms with Gasteiger partial charge in [0.1, 0.15) is 5.75 Å². The smallest absolute Gasteiger partial charge is 0.311 e. The van der Waals surface area contributed by atoms with Crippen LogP contribution in [0.1, 0.15) is 37.0 Å². The number of carboxylic acids is 1. The van der Waals surface area contributed by atoms with E-state index in [2.05, 4.69) is 5.32 Å². The Hall–Kier alpha value is -2.04. The minimum Gasteiger partial charge on any atom is -0.490 e. The maximum absolute atomic E-state index is 12.2. The average molecular weight is 277 g/mol. The summed E-state index contributed by atoms with van der Waals surface area (Å²) in [6.07, 6.45) is 1.21. The van der Waals surface area contributed by atoms with Crippen molar-refractivity contribution in [2.24, 2.45) is 5.41 Å². The molecule has 1 aliphatic carbocycles. The number of para-hydroxylation sites is 1. The molecule has 0 spiro atoms. The van der Waals surface area contributed by atoms with Gasteiger partial charge in [0.2, 0.25) is 0 Å². The third kappa shape index (κ3) is 3.10. The summed E-state index contributed by atoms with van der Waals surface area (Å²) in [5, 5.41) is 11.8. The monoisotopic (exact) mass is 277 g/mol. The minimum atomic E-state index is -0.843. The van der Waals surface area contributed by atoms with E-state index in [-0.39, 0.29) is 18.6 Å². The maximum atomic E-state index is 12.2. The second kappa shape index (κ2) is 5.53. The van der Waals surface area contributed by atoms with Gasteiger partial charge in [-0.15, -0.1) is 0 Å². The highest BCUT2D eigenvalue weighted by molar-refractivity contribution is 5.97. The van der Waals surface area contributed by atoms with Crippen molar-refractivity contribution >= 4 is 11.9 Å². The fourth-order valence-electron chi connectivity index (χ4n) is 1.97. The van der Waals surface area contributed by atoms with Gasteiger partial charge >= 0.3 is 5.97 Å². The van der Waals surface area contributed by atoms with E-state index in [0.717, 1.165) is 0 Å². The third-order valence-electron chi connectivity index (χ3n) is 3.39. The lowest BCUT2D eigenvalue weighted by molar-refractivity contribution is -0.143. The molecule has 0 heterocycles. The first-order valence-corrected chi connectivity index (χ1v) is 6.72. The Morgan fingerprint density at radius 3 is 2.55 bits per heavy atom. The number of nitrogens with one attached hydrogen (secondary N) is 1. The van der Waals surface area contributed by atoms with Crippen LogP contribution in [0.3, 0.4) is 0 Å². The third-order valence-corrected chi connectivity index (χ3v) is 3.39. The normalized spacial score (nSPS) is 15.8. The molecule has 1 aromatic carbocycles. The standard InChI is InChI=1S/C15H19NO4/c1-10(2)20-12-6-4-3-5-11(12)13(17)16-9-15(7-8-15)14(18)19/h3-6,10H,7-9H2,1-2H3,(H,16,17)(H,18,19). The Kier molecular flexibility index (Phi) is 3.97. The van der Waals surface area contributed by atoms with E-state index in [4.69, 9.17) is 9.84 Å². The molecule has 1 saturated carbocycles. The predicted octanol–water partition coefficient (Wildman–Crippen LogP) is 2.07. The second-order valence-corrected chi connectivity index (χ2v) is 5.43. The van der Waals surface area contributed by atoms with Crippen LogP contribution in [0.2, 0.25) is 0 Å². The molecule has 0 bridgehead atoms. The van der Waals surface area contributed by atoms with E-state index in [1.165, 1.54) is 0 Å². The molecule has 5 nitrogen and oxygen atoms in total. The number of benzene rings is 1. The summed E-state index contributed by atoms with van der Waals surface area (Å²) in [6.45, 7) is 3.94. The Labute approximate surface area is 117 Å². The van der Waals surface area contributed by atoms with E-state index in [1.807, 2.05) is 13.8 Å². The van der Waals surface area contributed by atoms with Crippen LogP contribution >= 0.6 is 0 Å². The van der Waals surface area contributed by atoms with Gasteiger partial charge in [-0.2, -0.15) is 0 Å². The number of carbonyl (C=O) groups excluding carboxylic acids is 1. The first-order chi connectivity index (χ1) is 9.44. The number of aliphatic carboxylic acids is 1. The van der Waals surface area contributed by atoms with Crippen LogP contribution in [-0.2, 0) is 4.79 Å². The van der Waals surface area contributed by atoms with E-state index >= 15 is 0 Å². The summed E-state index contributed by atoms with van der Waals surface area (Å²) < 4.78 is 5.58. The van der Waals surface area contributed by atoms with E-state index in [9.17, 15) is 9.59 Å². The van der Waals surface area contributed by atoms with E-state index < -0.39 is 11.4 Å². The summed E-state index contributed by atoms with van der Waals surface area (Å²) in [7, 11) is 0. The molecule has 0 atom stereocenters. The molecule has 2 N–H and O–H groups in total. The number of rotatable bonds is 6. The number of ether oxygens (including phenoxy) is 1. The largest absolute Gasteiger partial charge is 0.490 e. The molecule has 108 valence electrons. The molecule has 1 fully saturated rings. The molecule has 5 heteroatoms. The van der Waals surface area contributed by atoms with E-state index in [1.54, 1.807) is 24.3 Å². The van der Waals surface area contributed by atoms with Gasteiger partial charge in [-0.05, 0) is 38.8 Å². The number of amides is 1. The Morgan fingerprint density at radius 2 is 2.00 bits per heavy atom. The van der Waals surface area contributed by atoms with Crippen LogP contribution in [-0.4, -0.2) is 29.6 Å². The van der Waals surface area contributed by atoms with Crippen molar-refractivity contribution in [3.63, 3.8) is 0 Å². The van der Waals surface area contributed by atoms with Crippen molar-refractivity contribution in [2.75, 3.05) is 6.54 Å². The van der Waals surface area contributed by atoms with Gasteiger partial charge in [0.15, 0.2) is 0 Å². The molecule has 0 saturated heterocycles. The van der Waals surface area contributed by atoms with Gasteiger partial charge in [0.05, 0.1) is 17.1 Å². The zero-order valence-corrected chi connectivity index (χ0v) is 11.7. The lowest BCUT2D eigenvalue weighted by Gasteiger charge is -2.15. The molecule has 0 radical (unpaired) electrons. The van der Waals surface area contributed by atoms with Gasteiger partial charge in [0, 0.05) is 6.54 Å². The van der Waals surface area contributed by atoms with Crippen molar-refractivity contribution in [3.05, 3.63) is 29.8 Å². The van der Waals surface area contributed by atoms with Crippen molar-refractivity contribution < 1.29 is 19.4 Å². The highest BCUT2D eigenvalue weighted by Crippen LogP contribution is 2.45. The Morgan fingerprint density at radius 1 is 1.35 bits per heavy atom. The molecule has 0 unspecified atom stereocenters. The summed E-state index contributed by atoms with van der Waals surface area (Å²) in [5.74, 6) is -0.626. The van der Waals surface area contributed by atoms with Crippen LogP contribution in [0.25, 0.3) is 0 Å². The molecule has 0 aliphatic heterocycles. The first-order valence-electron chi connectivity index (χ1n) is 6.72. The number of carbonyl (C=O) groups is 2. The van der Waals surface area contributed by atoms with Gasteiger partial charge in [0.25, 0.3) is 5.91 Å². The summed E-state index contributed by atoms with van der Waals surface area (Å²) in [4.78, 5) is 23.2. The quantitative estimate of drug-likeness (QED) is 0.834. The predicted molar refractivity (Wildman–Crippen MR) is 73.8 cm³/mol. The molecule has 0 aromatic heterocycles. The molecular weight excluding hydrogens is 258 g/mol. The Bertz CT molecular complexity index is 520. The topological polar surface area (TPSA) is 75.6 Å². The molecule has 1 aliphatic rings. The lowest BCUT2D eigenvalue weighted by Crippen LogP contribution is -2.34. The van der Waals surface area contributed by atoms with Crippen LogP contribution in [0.15, 0.2) is 24.3 Å². The fourth-order valence-corrected chi connectivity index (χ4v) is 1.97. The highest BCUT2D eigenvalue weighted by Gasteiger charge is 2.50. The SMILES string of the molecule is CC(C)Oc1ccccc1C(=O)NCC1(C(=O)O)CC1. The highest BCUT2D eigenvalue weighted by atomic mass is 16.5. The summed E-state index contributed by atoms with van der Waals surface area (Å²) >= 11 is 0. The fraction of sp³-hybridized carbons (Fsp3) is 0.467. The van der Waals surface area contributed by atoms with Crippen molar-refractivity contribution in [1.29, 1.82) is 0 Å². The maximum Gasteiger partial charge on any atom is 0.311 e. The van der Waals surface area contributed by atoms with Crippen LogP contribution in [0.4, 0.5) is 0 Å². The number of hydrogen-bond donors (Lipinski definition) is 2. The molecular formula is C15H19NO4. The van der Waals surface area contributed by atoms with Gasteiger partial charge in [-0.3, -0.25) is 9.59 Å². The first kappa shape index (κ1) is 14.4. The van der Waals surface area contributed by atoms with Crippen LogP contribution in [0.5, 0.6) is 5.75 Å². The molecule has 1 aromatic rings. The van der Waals surface area contributed by atoms with Crippen LogP contribution in [0, 0.1) is 5.41 Å². The van der Waals surface area contributed by atoms with Crippen molar-refractivity contribution in [1.82, 2.24) is 5.32 Å². The van der Waals surface area contributed by atoms with Crippen molar-refractivity contribution in [3.8, 4) is 5.75 Å². The average Bonchev–Trinajstić information content (AvgIpc) is 3.17. The van der Waals surface area contributed by atoms with Crippen LogP contribution < -0.4 is 10.1 Å². The molecule has 20 heavy (non-hydrogen) atoms. The molecule has 2 rings (SSSR count). The second-order valence-electron chi connectivity index (χ2n) is 5.43. The zero-order valence-electron chi connectivity index (χ0n) is 11.7. The van der Waals surface area contributed by atoms with Gasteiger partial charge in [-0.25, -0.2) is 0 Å². The zero-order chi connectivity index (χ0) is 14.8. The minimum absolute atomic E-state index is 0.0299.